The van der Waals surface area contributed by atoms with Crippen LogP contribution >= 0.6 is 0 Å². The van der Waals surface area contributed by atoms with Gasteiger partial charge in [0.2, 0.25) is 0 Å². The van der Waals surface area contributed by atoms with Crippen molar-refractivity contribution in [1.82, 2.24) is 9.88 Å². The van der Waals surface area contributed by atoms with Gasteiger partial charge in [0.05, 0.1) is 0 Å². The maximum Gasteiger partial charge on any atom is 0.144 e. The van der Waals surface area contributed by atoms with Crippen LogP contribution in [0.1, 0.15) is 24.1 Å². The molecule has 0 saturated carbocycles. The maximum atomic E-state index is 8.99. The van der Waals surface area contributed by atoms with Crippen LogP contribution in [0.2, 0.25) is 0 Å². The minimum absolute atomic E-state index is 0.534. The van der Waals surface area contributed by atoms with E-state index in [-0.39, 0.29) is 0 Å². The van der Waals surface area contributed by atoms with Crippen molar-refractivity contribution in [3.63, 3.8) is 0 Å². The quantitative estimate of drug-likeness (QED) is 0.792. The number of hydrogen-bond donors (Lipinski definition) is 0. The zero-order valence-electron chi connectivity index (χ0n) is 10.1. The molecule has 4 heteroatoms. The molecule has 1 aromatic rings. The van der Waals surface area contributed by atoms with Gasteiger partial charge in [-0.1, -0.05) is 6.07 Å². The molecule has 0 N–H and O–H groups in total. The Bertz CT molecular complexity index is 407. The second-order valence-electron chi connectivity index (χ2n) is 4.38. The van der Waals surface area contributed by atoms with Gasteiger partial charge in [0.25, 0.3) is 0 Å². The topological polar surface area (TPSA) is 49.2 Å². The summed E-state index contributed by atoms with van der Waals surface area (Å²) in [4.78, 5) is 6.37. The monoisotopic (exact) mass is 231 g/mol. The molecule has 0 aromatic carbocycles. The van der Waals surface area contributed by atoms with E-state index in [1.54, 1.807) is 6.20 Å². The van der Waals surface area contributed by atoms with E-state index < -0.39 is 0 Å². The van der Waals surface area contributed by atoms with Crippen LogP contribution in [-0.4, -0.2) is 36.2 Å². The van der Waals surface area contributed by atoms with E-state index in [0.717, 1.165) is 38.2 Å². The normalized spacial score (nSPS) is 17.0. The van der Waals surface area contributed by atoms with Crippen LogP contribution in [0.4, 0.5) is 0 Å². The zero-order valence-corrected chi connectivity index (χ0v) is 10.1. The number of ether oxygens (including phenoxy) is 1. The van der Waals surface area contributed by atoms with Crippen molar-refractivity contribution in [3.05, 3.63) is 29.6 Å². The molecule has 1 aromatic heterocycles. The van der Waals surface area contributed by atoms with Crippen LogP contribution in [0.15, 0.2) is 18.3 Å². The summed E-state index contributed by atoms with van der Waals surface area (Å²) < 4.78 is 5.35. The fourth-order valence-corrected chi connectivity index (χ4v) is 2.19. The van der Waals surface area contributed by atoms with E-state index in [2.05, 4.69) is 23.0 Å². The number of nitrogens with zero attached hydrogens (tertiary/aromatic N) is 3. The Kier molecular flexibility index (Phi) is 4.08. The second-order valence-corrected chi connectivity index (χ2v) is 4.38. The summed E-state index contributed by atoms with van der Waals surface area (Å²) in [7, 11) is 2.10. The average molecular weight is 231 g/mol. The Morgan fingerprint density at radius 3 is 3.00 bits per heavy atom. The lowest BCUT2D eigenvalue weighted by Crippen LogP contribution is -2.36. The molecule has 0 radical (unpaired) electrons. The molecule has 0 atom stereocenters. The Morgan fingerprint density at radius 2 is 2.29 bits per heavy atom. The van der Waals surface area contributed by atoms with E-state index >= 15 is 0 Å². The predicted octanol–water partition coefficient (Wildman–Crippen LogP) is 1.56. The van der Waals surface area contributed by atoms with E-state index in [1.165, 1.54) is 0 Å². The van der Waals surface area contributed by atoms with Gasteiger partial charge in [-0.2, -0.15) is 5.26 Å². The fourth-order valence-electron chi connectivity index (χ4n) is 2.19. The van der Waals surface area contributed by atoms with Gasteiger partial charge in [-0.3, -0.25) is 4.90 Å². The Hall–Kier alpha value is -1.44. The molecule has 0 bridgehead atoms. The standard InChI is InChI=1S/C13H17N3O/c1-16(12-4-7-17-8-5-12)10-11-3-2-6-15-13(11)9-14/h2-3,6,12H,4-5,7-8,10H2,1H3. The zero-order chi connectivity index (χ0) is 12.1. The third-order valence-electron chi connectivity index (χ3n) is 3.23. The number of rotatable bonds is 3. The smallest absolute Gasteiger partial charge is 0.144 e. The number of aromatic nitrogens is 1. The molecular formula is C13H17N3O. The highest BCUT2D eigenvalue weighted by Crippen LogP contribution is 2.16. The molecule has 2 rings (SSSR count). The van der Waals surface area contributed by atoms with E-state index in [0.29, 0.717) is 11.7 Å². The summed E-state index contributed by atoms with van der Waals surface area (Å²) in [5, 5.41) is 8.99. The van der Waals surface area contributed by atoms with E-state index in [1.807, 2.05) is 12.1 Å². The summed E-state index contributed by atoms with van der Waals surface area (Å²) in [5.41, 5.74) is 1.54. The van der Waals surface area contributed by atoms with Crippen LogP contribution in [0, 0.1) is 11.3 Å². The molecule has 2 heterocycles. The first-order valence-electron chi connectivity index (χ1n) is 5.93. The van der Waals surface area contributed by atoms with Gasteiger partial charge >= 0.3 is 0 Å². The minimum atomic E-state index is 0.534. The minimum Gasteiger partial charge on any atom is -0.381 e. The van der Waals surface area contributed by atoms with Gasteiger partial charge in [-0.05, 0) is 26.0 Å². The molecule has 1 aliphatic rings. The Balaban J connectivity index is 2.02. The third-order valence-corrected chi connectivity index (χ3v) is 3.23. The molecule has 0 aliphatic carbocycles. The lowest BCUT2D eigenvalue weighted by atomic mass is 10.1. The van der Waals surface area contributed by atoms with Crippen molar-refractivity contribution < 1.29 is 4.74 Å². The van der Waals surface area contributed by atoms with Crippen molar-refractivity contribution in [2.24, 2.45) is 0 Å². The first-order valence-corrected chi connectivity index (χ1v) is 5.93. The Morgan fingerprint density at radius 1 is 1.53 bits per heavy atom. The SMILES string of the molecule is CN(Cc1cccnc1C#N)C1CCOCC1. The molecule has 1 aliphatic heterocycles. The van der Waals surface area contributed by atoms with Crippen molar-refractivity contribution in [3.8, 4) is 6.07 Å². The molecule has 0 amide bonds. The molecule has 1 saturated heterocycles. The molecule has 90 valence electrons. The number of nitriles is 1. The summed E-state index contributed by atoms with van der Waals surface area (Å²) >= 11 is 0. The van der Waals surface area contributed by atoms with Gasteiger partial charge in [-0.15, -0.1) is 0 Å². The first kappa shape index (κ1) is 12.0. The molecule has 4 nitrogen and oxygen atoms in total. The summed E-state index contributed by atoms with van der Waals surface area (Å²) in [6.07, 6.45) is 3.80. The molecule has 0 spiro atoms. The van der Waals surface area contributed by atoms with Crippen molar-refractivity contribution in [2.45, 2.75) is 25.4 Å². The van der Waals surface area contributed by atoms with Gasteiger partial charge in [0.1, 0.15) is 11.8 Å². The third kappa shape index (κ3) is 3.02. The second kappa shape index (κ2) is 5.76. The van der Waals surface area contributed by atoms with Crippen LogP contribution in [-0.2, 0) is 11.3 Å². The number of pyridine rings is 1. The van der Waals surface area contributed by atoms with Gasteiger partial charge in [-0.25, -0.2) is 4.98 Å². The summed E-state index contributed by atoms with van der Waals surface area (Å²) in [6, 6.07) is 6.55. The van der Waals surface area contributed by atoms with Crippen LogP contribution in [0.3, 0.4) is 0 Å². The summed E-state index contributed by atoms with van der Waals surface area (Å²) in [5.74, 6) is 0. The maximum absolute atomic E-state index is 8.99. The van der Waals surface area contributed by atoms with Crippen LogP contribution < -0.4 is 0 Å². The molecular weight excluding hydrogens is 214 g/mol. The van der Waals surface area contributed by atoms with Crippen LogP contribution in [0.5, 0.6) is 0 Å². The Labute approximate surface area is 102 Å². The van der Waals surface area contributed by atoms with Crippen molar-refractivity contribution in [1.29, 1.82) is 5.26 Å². The largest absolute Gasteiger partial charge is 0.381 e. The predicted molar refractivity (Wildman–Crippen MR) is 64.3 cm³/mol. The summed E-state index contributed by atoms with van der Waals surface area (Å²) in [6.45, 7) is 2.46. The lowest BCUT2D eigenvalue weighted by Gasteiger charge is -2.31. The number of hydrogen-bond acceptors (Lipinski definition) is 4. The molecule has 0 unspecified atom stereocenters. The molecule has 17 heavy (non-hydrogen) atoms. The van der Waals surface area contributed by atoms with Crippen LogP contribution in [0.25, 0.3) is 0 Å². The first-order chi connectivity index (χ1) is 8.31. The highest BCUT2D eigenvalue weighted by Gasteiger charge is 2.19. The van der Waals surface area contributed by atoms with Crippen molar-refractivity contribution >= 4 is 0 Å². The molecule has 1 fully saturated rings. The highest BCUT2D eigenvalue weighted by molar-refractivity contribution is 5.30. The van der Waals surface area contributed by atoms with E-state index in [9.17, 15) is 0 Å². The van der Waals surface area contributed by atoms with Crippen molar-refractivity contribution in [2.75, 3.05) is 20.3 Å². The highest BCUT2D eigenvalue weighted by atomic mass is 16.5. The van der Waals surface area contributed by atoms with Gasteiger partial charge < -0.3 is 4.74 Å². The van der Waals surface area contributed by atoms with Gasteiger partial charge in [0.15, 0.2) is 0 Å². The lowest BCUT2D eigenvalue weighted by molar-refractivity contribution is 0.0406. The average Bonchev–Trinajstić information content (AvgIpc) is 2.40. The fraction of sp³-hybridized carbons (Fsp3) is 0.538. The van der Waals surface area contributed by atoms with Gasteiger partial charge in [0, 0.05) is 37.6 Å². The van der Waals surface area contributed by atoms with E-state index in [4.69, 9.17) is 10.00 Å².